The Morgan fingerprint density at radius 1 is 1.10 bits per heavy atom. The lowest BCUT2D eigenvalue weighted by Crippen LogP contribution is -2.45. The van der Waals surface area contributed by atoms with Crippen LogP contribution >= 0.6 is 0 Å². The van der Waals surface area contributed by atoms with Gasteiger partial charge in [0, 0.05) is 18.0 Å². The van der Waals surface area contributed by atoms with Gasteiger partial charge < -0.3 is 16.0 Å². The fraction of sp³-hybridized carbons (Fsp3) is 0.375. The Balaban J connectivity index is 1.38. The third-order valence-electron chi connectivity index (χ3n) is 6.64. The Labute approximate surface area is 178 Å². The zero-order valence-electron chi connectivity index (χ0n) is 16.9. The maximum atomic E-state index is 14.4. The van der Waals surface area contributed by atoms with Crippen LogP contribution in [0.5, 0.6) is 0 Å². The molecule has 5 rings (SSSR count). The van der Waals surface area contributed by atoms with Gasteiger partial charge in [0.05, 0.1) is 17.3 Å². The average Bonchev–Trinajstić information content (AvgIpc) is 3.49. The van der Waals surface area contributed by atoms with Crippen LogP contribution in [0.3, 0.4) is 0 Å². The third-order valence-corrected chi connectivity index (χ3v) is 6.64. The molecule has 7 heteroatoms. The maximum Gasteiger partial charge on any atom is 0.237 e. The second-order valence-corrected chi connectivity index (χ2v) is 8.87. The molecule has 3 aromatic rings. The Bertz CT molecular complexity index is 1130. The molecule has 0 bridgehead atoms. The summed E-state index contributed by atoms with van der Waals surface area (Å²) in [5.74, 6) is -1.06. The first kappa shape index (κ1) is 20.1. The number of aromatic amines is 1. The topological polar surface area (TPSA) is 70.9 Å². The summed E-state index contributed by atoms with van der Waals surface area (Å²) >= 11 is 0. The molecule has 2 aromatic carbocycles. The number of nitrogens with one attached hydrogen (secondary N) is 2. The molecule has 0 saturated heterocycles. The molecule has 1 heterocycles. The molecule has 0 aliphatic heterocycles. The van der Waals surface area contributed by atoms with Crippen molar-refractivity contribution < 1.29 is 18.0 Å². The Morgan fingerprint density at radius 2 is 1.81 bits per heavy atom. The van der Waals surface area contributed by atoms with Crippen LogP contribution in [0.25, 0.3) is 22.2 Å². The minimum Gasteiger partial charge on any atom is -0.354 e. The smallest absolute Gasteiger partial charge is 0.237 e. The Kier molecular flexibility index (Phi) is 5.01. The van der Waals surface area contributed by atoms with Gasteiger partial charge in [-0.25, -0.2) is 13.2 Å². The van der Waals surface area contributed by atoms with Crippen molar-refractivity contribution in [2.45, 2.75) is 37.6 Å². The van der Waals surface area contributed by atoms with E-state index in [-0.39, 0.29) is 29.1 Å². The number of carbonyl (C=O) groups is 1. The highest BCUT2D eigenvalue weighted by Crippen LogP contribution is 2.48. The van der Waals surface area contributed by atoms with E-state index in [4.69, 9.17) is 5.73 Å². The van der Waals surface area contributed by atoms with Crippen LogP contribution < -0.4 is 11.1 Å². The summed E-state index contributed by atoms with van der Waals surface area (Å²) in [5, 5.41) is 3.46. The molecule has 2 aliphatic rings. The molecule has 2 aliphatic carbocycles. The van der Waals surface area contributed by atoms with Gasteiger partial charge in [-0.15, -0.1) is 0 Å². The van der Waals surface area contributed by atoms with Crippen LogP contribution in [-0.2, 0) is 4.79 Å². The van der Waals surface area contributed by atoms with Crippen LogP contribution in [0, 0.1) is 29.3 Å². The number of amides is 1. The van der Waals surface area contributed by atoms with E-state index in [1.54, 1.807) is 12.1 Å². The lowest BCUT2D eigenvalue weighted by Gasteiger charge is -2.36. The molecule has 0 radical (unpaired) electrons. The van der Waals surface area contributed by atoms with Crippen molar-refractivity contribution in [2.24, 2.45) is 17.6 Å². The molecule has 31 heavy (non-hydrogen) atoms. The molecule has 0 spiro atoms. The highest BCUT2D eigenvalue weighted by molar-refractivity contribution is 5.92. The van der Waals surface area contributed by atoms with Gasteiger partial charge in [-0.3, -0.25) is 4.79 Å². The Hall–Kier alpha value is -2.80. The standard InChI is InChI=1S/C24H24F3N3O/c25-16-5-3-14(4-6-16)22-20(18-9-17(26)10-19(27)23(18)30-22)15-7-12(8-15)11-29-24(31)21(28)13-1-2-13/h3-6,9-10,12-13,15,21,30H,1-2,7-8,11,28H2,(H,29,31)/t12-,15-,21-/m1/s1. The first-order valence-corrected chi connectivity index (χ1v) is 10.7. The highest BCUT2D eigenvalue weighted by atomic mass is 19.1. The Morgan fingerprint density at radius 3 is 2.48 bits per heavy atom. The van der Waals surface area contributed by atoms with Crippen LogP contribution in [0.15, 0.2) is 36.4 Å². The van der Waals surface area contributed by atoms with Crippen LogP contribution in [0.4, 0.5) is 13.2 Å². The molecule has 1 atom stereocenters. The summed E-state index contributed by atoms with van der Waals surface area (Å²) < 4.78 is 41.9. The number of fused-ring (bicyclic) bond motifs is 1. The zero-order valence-corrected chi connectivity index (χ0v) is 16.9. The predicted octanol–water partition coefficient (Wildman–Crippen LogP) is 4.60. The van der Waals surface area contributed by atoms with Gasteiger partial charge in [0.1, 0.15) is 17.5 Å². The monoisotopic (exact) mass is 427 g/mol. The van der Waals surface area contributed by atoms with Crippen molar-refractivity contribution in [1.82, 2.24) is 10.3 Å². The zero-order chi connectivity index (χ0) is 21.7. The highest BCUT2D eigenvalue weighted by Gasteiger charge is 2.37. The summed E-state index contributed by atoms with van der Waals surface area (Å²) in [4.78, 5) is 15.2. The summed E-state index contributed by atoms with van der Waals surface area (Å²) in [6, 6.07) is 7.75. The minimum absolute atomic E-state index is 0.0917. The first-order chi connectivity index (χ1) is 14.9. The average molecular weight is 427 g/mol. The maximum absolute atomic E-state index is 14.4. The van der Waals surface area contributed by atoms with E-state index in [0.29, 0.717) is 23.5 Å². The van der Waals surface area contributed by atoms with Crippen LogP contribution in [0.1, 0.15) is 37.2 Å². The predicted molar refractivity (Wildman–Crippen MR) is 113 cm³/mol. The van der Waals surface area contributed by atoms with E-state index in [2.05, 4.69) is 10.3 Å². The summed E-state index contributed by atoms with van der Waals surface area (Å²) in [7, 11) is 0. The SMILES string of the molecule is N[C@@H](C(=O)NC[C@H]1C[C@H](c2c(-c3ccc(F)cc3)[nH]c3c(F)cc(F)cc32)C1)C1CC1. The normalized spacial score (nSPS) is 21.7. The van der Waals surface area contributed by atoms with Crippen molar-refractivity contribution in [2.75, 3.05) is 6.54 Å². The molecule has 0 unspecified atom stereocenters. The van der Waals surface area contributed by atoms with Crippen molar-refractivity contribution in [1.29, 1.82) is 0 Å². The quantitative estimate of drug-likeness (QED) is 0.538. The number of hydrogen-bond acceptors (Lipinski definition) is 2. The van der Waals surface area contributed by atoms with Crippen molar-refractivity contribution in [3.8, 4) is 11.3 Å². The van der Waals surface area contributed by atoms with E-state index in [1.165, 1.54) is 18.2 Å². The second kappa shape index (κ2) is 7.71. The molecule has 162 valence electrons. The van der Waals surface area contributed by atoms with E-state index in [1.807, 2.05) is 0 Å². The number of carbonyl (C=O) groups excluding carboxylic acids is 1. The number of H-pyrrole nitrogens is 1. The number of benzene rings is 2. The van der Waals surface area contributed by atoms with Gasteiger partial charge in [-0.1, -0.05) is 0 Å². The lowest BCUT2D eigenvalue weighted by atomic mass is 9.70. The summed E-state index contributed by atoms with van der Waals surface area (Å²) in [6.07, 6.45) is 3.61. The molecule has 1 aromatic heterocycles. The molecule has 4 N–H and O–H groups in total. The largest absolute Gasteiger partial charge is 0.354 e. The number of halogens is 3. The fourth-order valence-electron chi connectivity index (χ4n) is 4.68. The number of rotatable bonds is 6. The van der Waals surface area contributed by atoms with Crippen molar-refractivity contribution >= 4 is 16.8 Å². The van der Waals surface area contributed by atoms with Gasteiger partial charge in [-0.2, -0.15) is 0 Å². The number of hydrogen-bond donors (Lipinski definition) is 3. The van der Waals surface area contributed by atoms with Gasteiger partial charge in [-0.05, 0) is 84.9 Å². The van der Waals surface area contributed by atoms with Gasteiger partial charge in [0.15, 0.2) is 0 Å². The molecular formula is C24H24F3N3O. The van der Waals surface area contributed by atoms with Crippen LogP contribution in [-0.4, -0.2) is 23.5 Å². The van der Waals surface area contributed by atoms with E-state index in [0.717, 1.165) is 42.9 Å². The third kappa shape index (κ3) is 3.82. The molecule has 1 amide bonds. The molecule has 4 nitrogen and oxygen atoms in total. The minimum atomic E-state index is -0.651. The molecular weight excluding hydrogens is 403 g/mol. The number of nitrogens with two attached hydrogens (primary N) is 1. The fourth-order valence-corrected chi connectivity index (χ4v) is 4.68. The second-order valence-electron chi connectivity index (χ2n) is 8.87. The molecule has 2 saturated carbocycles. The van der Waals surface area contributed by atoms with Crippen molar-refractivity contribution in [3.05, 3.63) is 59.4 Å². The van der Waals surface area contributed by atoms with Crippen LogP contribution in [0.2, 0.25) is 0 Å². The van der Waals surface area contributed by atoms with E-state index < -0.39 is 17.7 Å². The van der Waals surface area contributed by atoms with Gasteiger partial charge >= 0.3 is 0 Å². The lowest BCUT2D eigenvalue weighted by molar-refractivity contribution is -0.123. The summed E-state index contributed by atoms with van der Waals surface area (Å²) in [6.45, 7) is 0.548. The van der Waals surface area contributed by atoms with Crippen molar-refractivity contribution in [3.63, 3.8) is 0 Å². The van der Waals surface area contributed by atoms with E-state index >= 15 is 0 Å². The number of aromatic nitrogens is 1. The van der Waals surface area contributed by atoms with Gasteiger partial charge in [0.2, 0.25) is 5.91 Å². The van der Waals surface area contributed by atoms with E-state index in [9.17, 15) is 18.0 Å². The molecule has 2 fully saturated rings. The van der Waals surface area contributed by atoms with Gasteiger partial charge in [0.25, 0.3) is 0 Å². The summed E-state index contributed by atoms with van der Waals surface area (Å²) in [5.41, 5.74) is 8.45. The first-order valence-electron chi connectivity index (χ1n) is 10.7.